The lowest BCUT2D eigenvalue weighted by molar-refractivity contribution is -0.339. The number of aromatic hydroxyl groups is 3. The Morgan fingerprint density at radius 3 is 2.13 bits per heavy atom. The number of ether oxygens (including phenoxy) is 6. The first-order valence-corrected chi connectivity index (χ1v) is 19.2. The number of likely N-dealkylation sites (N-methyl/N-ethyl adjacent to an activating group) is 1. The van der Waals surface area contributed by atoms with Crippen molar-refractivity contribution in [1.29, 1.82) is 0 Å². The van der Waals surface area contributed by atoms with Gasteiger partial charge in [0, 0.05) is 28.3 Å². The number of carbonyl (C=O) groups is 4. The Morgan fingerprint density at radius 1 is 0.820 bits per heavy atom. The molecular formula is C41H46N2O18. The van der Waals surface area contributed by atoms with Gasteiger partial charge in [0.25, 0.3) is 5.91 Å². The summed E-state index contributed by atoms with van der Waals surface area (Å²) < 4.78 is 33.7. The second-order valence-corrected chi connectivity index (χ2v) is 15.3. The molecule has 7 rings (SSSR count). The number of nitrogens with one attached hydrogen (secondary N) is 2. The second kappa shape index (κ2) is 16.5. The Morgan fingerprint density at radius 2 is 1.48 bits per heavy atom. The molecule has 0 spiro atoms. The molecule has 1 amide bonds. The van der Waals surface area contributed by atoms with Crippen molar-refractivity contribution in [3.05, 3.63) is 68.8 Å². The summed E-state index contributed by atoms with van der Waals surface area (Å²) in [6.07, 6.45) is -15.4. The van der Waals surface area contributed by atoms with Crippen LogP contribution in [0.25, 0.3) is 11.1 Å². The van der Waals surface area contributed by atoms with E-state index in [1.807, 2.05) is 0 Å². The standard InChI is InChI=1S/C41H46N2O18/c1-12-7-19-25(32(50)22(12)38(54)43-13(2)39(55)57-6)24-17(10-18-26(33(24)51)29(47)16-8-15(56-5)9-20(44)23(16)28(18)46)30(48)36(19)60-41-35(53)37(27(42-4)14(3)59-41)61-40-34(52)31(49)21(45)11-58-40/h7-10,13-14,21,27,30-31,34-37,40-42,44-45,48-53H,11H2,1-6H3,(H,43,54)/t13-,14?,21?,27?,30+,31?,34?,35?,36+,37?,40?,41?/m1/s1. The number of phenolic OH excluding ortho intramolecular Hbond substituents is 3. The first-order chi connectivity index (χ1) is 28.9. The van der Waals surface area contributed by atoms with Crippen LogP contribution in [0.5, 0.6) is 23.0 Å². The smallest absolute Gasteiger partial charge is 0.328 e. The van der Waals surface area contributed by atoms with Gasteiger partial charge < -0.3 is 79.9 Å². The maximum absolute atomic E-state index is 14.1. The number of ketones is 2. The molecule has 0 aromatic heterocycles. The van der Waals surface area contributed by atoms with E-state index in [2.05, 4.69) is 10.6 Å². The summed E-state index contributed by atoms with van der Waals surface area (Å²) in [4.78, 5) is 54.1. The second-order valence-electron chi connectivity index (χ2n) is 15.3. The first kappa shape index (κ1) is 43.8. The molecule has 61 heavy (non-hydrogen) atoms. The molecule has 2 aliphatic heterocycles. The number of fused-ring (bicyclic) bond motifs is 5. The normalized spacial score (nSPS) is 29.7. The van der Waals surface area contributed by atoms with E-state index in [-0.39, 0.29) is 44.7 Å². The summed E-state index contributed by atoms with van der Waals surface area (Å²) >= 11 is 0. The van der Waals surface area contributed by atoms with Crippen molar-refractivity contribution < 1.29 is 88.5 Å². The first-order valence-electron chi connectivity index (χ1n) is 19.2. The van der Waals surface area contributed by atoms with E-state index in [9.17, 15) is 60.0 Å². The fourth-order valence-electron chi connectivity index (χ4n) is 8.47. The maximum atomic E-state index is 14.1. The van der Waals surface area contributed by atoms with Gasteiger partial charge in [-0.3, -0.25) is 14.4 Å². The monoisotopic (exact) mass is 854 g/mol. The number of aliphatic hydroxyl groups excluding tert-OH is 5. The van der Waals surface area contributed by atoms with E-state index in [0.717, 1.165) is 19.2 Å². The quantitative estimate of drug-likeness (QED) is 0.0947. The molecule has 20 nitrogen and oxygen atoms in total. The predicted molar refractivity (Wildman–Crippen MR) is 205 cm³/mol. The van der Waals surface area contributed by atoms with Gasteiger partial charge in [0.15, 0.2) is 24.1 Å². The molecule has 0 saturated carbocycles. The van der Waals surface area contributed by atoms with Gasteiger partial charge in [-0.05, 0) is 56.6 Å². The van der Waals surface area contributed by atoms with Crippen LogP contribution >= 0.6 is 0 Å². The molecule has 20 heteroatoms. The summed E-state index contributed by atoms with van der Waals surface area (Å²) in [7, 11) is 3.93. The molecule has 2 fully saturated rings. The lowest BCUT2D eigenvalue weighted by Gasteiger charge is -2.47. The van der Waals surface area contributed by atoms with Crippen molar-refractivity contribution in [3.63, 3.8) is 0 Å². The van der Waals surface area contributed by atoms with Crippen LogP contribution in [0.1, 0.15) is 84.9 Å². The van der Waals surface area contributed by atoms with Gasteiger partial charge in [0.1, 0.15) is 71.8 Å². The minimum atomic E-state index is -1.88. The van der Waals surface area contributed by atoms with Crippen molar-refractivity contribution in [3.8, 4) is 34.1 Å². The molecule has 12 atom stereocenters. The summed E-state index contributed by atoms with van der Waals surface area (Å²) in [5.41, 5.74) is -3.08. The van der Waals surface area contributed by atoms with Gasteiger partial charge in [-0.1, -0.05) is 6.07 Å². The highest BCUT2D eigenvalue weighted by molar-refractivity contribution is 6.31. The number of phenols is 3. The average molecular weight is 855 g/mol. The average Bonchev–Trinajstić information content (AvgIpc) is 3.22. The van der Waals surface area contributed by atoms with Crippen LogP contribution in [0, 0.1) is 6.92 Å². The molecule has 0 bridgehead atoms. The van der Waals surface area contributed by atoms with Crippen LogP contribution in [0.4, 0.5) is 0 Å². The third kappa shape index (κ3) is 7.17. The lowest BCUT2D eigenvalue weighted by Crippen LogP contribution is -2.65. The Bertz CT molecular complexity index is 2300. The van der Waals surface area contributed by atoms with Gasteiger partial charge >= 0.3 is 5.97 Å². The van der Waals surface area contributed by atoms with Crippen molar-refractivity contribution in [2.24, 2.45) is 0 Å². The van der Waals surface area contributed by atoms with E-state index < -0.39 is 137 Å². The molecule has 3 aromatic carbocycles. The number of hydrogen-bond donors (Lipinski definition) is 10. The molecule has 2 heterocycles. The van der Waals surface area contributed by atoms with Crippen molar-refractivity contribution in [2.75, 3.05) is 27.9 Å². The van der Waals surface area contributed by atoms with Crippen LogP contribution in [-0.4, -0.2) is 153 Å². The molecule has 0 radical (unpaired) electrons. The van der Waals surface area contributed by atoms with E-state index >= 15 is 0 Å². The zero-order chi connectivity index (χ0) is 44.5. The predicted octanol–water partition coefficient (Wildman–Crippen LogP) is -0.523. The summed E-state index contributed by atoms with van der Waals surface area (Å²) in [5, 5.41) is 95.3. The highest BCUT2D eigenvalue weighted by Gasteiger charge is 2.51. The number of methoxy groups -OCH3 is 2. The molecule has 2 saturated heterocycles. The van der Waals surface area contributed by atoms with Crippen molar-refractivity contribution >= 4 is 23.4 Å². The molecular weight excluding hydrogens is 808 g/mol. The van der Waals surface area contributed by atoms with Crippen LogP contribution in [0.2, 0.25) is 0 Å². The number of benzene rings is 3. The molecule has 9 unspecified atom stereocenters. The summed E-state index contributed by atoms with van der Waals surface area (Å²) in [6.45, 7) is 3.97. The van der Waals surface area contributed by atoms with E-state index in [1.165, 1.54) is 33.1 Å². The number of aliphatic hydroxyl groups is 5. The summed E-state index contributed by atoms with van der Waals surface area (Å²) in [5.74, 6) is -5.84. The zero-order valence-electron chi connectivity index (χ0n) is 33.6. The third-order valence-electron chi connectivity index (χ3n) is 11.6. The fraction of sp³-hybridized carbons (Fsp3) is 0.463. The van der Waals surface area contributed by atoms with Gasteiger partial charge in [-0.25, -0.2) is 4.79 Å². The Hall–Kier alpha value is -5.26. The highest BCUT2D eigenvalue weighted by Crippen LogP contribution is 2.57. The van der Waals surface area contributed by atoms with Crippen LogP contribution < -0.4 is 15.4 Å². The Labute approximate surface area is 347 Å². The largest absolute Gasteiger partial charge is 0.507 e. The van der Waals surface area contributed by atoms with Crippen molar-refractivity contribution in [1.82, 2.24) is 10.6 Å². The Kier molecular flexibility index (Phi) is 11.9. The minimum Gasteiger partial charge on any atom is -0.507 e. The molecule has 328 valence electrons. The Balaban J connectivity index is 1.37. The highest BCUT2D eigenvalue weighted by atomic mass is 16.7. The SMILES string of the molecule is CNC1C(C)OC(O[C@H]2c3cc(C)c(C(=O)N[C@H](C)C(=O)OC)c(O)c3-c3c(cc4c(c3O)C(=O)c3cc(OC)cc(O)c3C4=O)[C@@H]2O)C(O)C1OC1OCC(O)C(O)C1O. The van der Waals surface area contributed by atoms with Crippen molar-refractivity contribution in [2.45, 2.75) is 94.3 Å². The van der Waals surface area contributed by atoms with Gasteiger partial charge in [-0.2, -0.15) is 0 Å². The van der Waals surface area contributed by atoms with Crippen LogP contribution in [0.3, 0.4) is 0 Å². The lowest BCUT2D eigenvalue weighted by atomic mass is 9.74. The van der Waals surface area contributed by atoms with E-state index in [0.29, 0.717) is 0 Å². The van der Waals surface area contributed by atoms with Gasteiger partial charge in [-0.15, -0.1) is 0 Å². The zero-order valence-corrected chi connectivity index (χ0v) is 33.6. The molecule has 3 aromatic rings. The summed E-state index contributed by atoms with van der Waals surface area (Å²) in [6, 6.07) is 2.76. The molecule has 4 aliphatic rings. The maximum Gasteiger partial charge on any atom is 0.328 e. The number of esters is 1. The molecule has 10 N–H and O–H groups in total. The third-order valence-corrected chi connectivity index (χ3v) is 11.6. The number of carbonyl (C=O) groups excluding carboxylic acids is 4. The van der Waals surface area contributed by atoms with Crippen LogP contribution in [0.15, 0.2) is 24.3 Å². The number of rotatable bonds is 9. The van der Waals surface area contributed by atoms with Gasteiger partial charge in [0.05, 0.1) is 49.7 Å². The van der Waals surface area contributed by atoms with Gasteiger partial charge in [0.2, 0.25) is 0 Å². The molecule has 2 aliphatic carbocycles. The topological polar surface area (TPSA) is 310 Å². The number of aryl methyl sites for hydroxylation is 1. The minimum absolute atomic E-state index is 0.0259. The van der Waals surface area contributed by atoms with Crippen LogP contribution in [-0.2, 0) is 28.5 Å². The number of amides is 1. The fourth-order valence-corrected chi connectivity index (χ4v) is 8.47. The van der Waals surface area contributed by atoms with E-state index in [1.54, 1.807) is 14.0 Å². The van der Waals surface area contributed by atoms with E-state index in [4.69, 9.17) is 28.4 Å². The number of hydrogen-bond acceptors (Lipinski definition) is 19.